The van der Waals surface area contributed by atoms with E-state index in [4.69, 9.17) is 4.74 Å². The highest BCUT2D eigenvalue weighted by Gasteiger charge is 2.76. The second-order valence-corrected chi connectivity index (χ2v) is 11.0. The van der Waals surface area contributed by atoms with Crippen molar-refractivity contribution < 1.29 is 29.6 Å². The van der Waals surface area contributed by atoms with Crippen LogP contribution >= 0.6 is 0 Å². The van der Waals surface area contributed by atoms with Crippen LogP contribution in [0.2, 0.25) is 0 Å². The normalized spacial score (nSPS) is 46.0. The van der Waals surface area contributed by atoms with Crippen LogP contribution in [0.4, 0.5) is 0 Å². The number of fused-ring (bicyclic) bond motifs is 3. The lowest BCUT2D eigenvalue weighted by Crippen LogP contribution is -2.66. The van der Waals surface area contributed by atoms with Gasteiger partial charge >= 0.3 is 5.97 Å². The van der Waals surface area contributed by atoms with Crippen molar-refractivity contribution in [2.75, 3.05) is 6.61 Å². The van der Waals surface area contributed by atoms with Gasteiger partial charge in [0.2, 0.25) is 0 Å². The Kier molecular flexibility index (Phi) is 5.12. The van der Waals surface area contributed by atoms with Gasteiger partial charge in [0.25, 0.3) is 0 Å². The maximum atomic E-state index is 14.2. The van der Waals surface area contributed by atoms with Crippen LogP contribution in [0.1, 0.15) is 54.4 Å². The maximum absolute atomic E-state index is 14.2. The van der Waals surface area contributed by atoms with Gasteiger partial charge in [-0.15, -0.1) is 0 Å². The lowest BCUT2D eigenvalue weighted by molar-refractivity contribution is -0.205. The standard InChI is InChI=1S/C25H36O6/c1-7-12(2)22(29)31-21-13(3)10-24-14(4)8-17-18(23(17,5)6)16(20(24)28)9-15(11-26)19(27)25(21,24)30/h9-10,12,14,16-19,21,26-27,30H,7-8,11H2,1-6H3/t12?,14-,16?,17?,18?,19?,21?,24?,25?/m1/s1. The Hall–Kier alpha value is -1.50. The van der Waals surface area contributed by atoms with Crippen molar-refractivity contribution >= 4 is 11.8 Å². The first-order valence-corrected chi connectivity index (χ1v) is 11.6. The number of Topliss-reactive ketones (excluding diaryl/α,β-unsaturated/α-hetero) is 1. The summed E-state index contributed by atoms with van der Waals surface area (Å²) < 4.78 is 5.79. The van der Waals surface area contributed by atoms with Crippen LogP contribution in [0.25, 0.3) is 0 Å². The molecule has 6 nitrogen and oxygen atoms in total. The summed E-state index contributed by atoms with van der Waals surface area (Å²) in [7, 11) is 0. The van der Waals surface area contributed by atoms with Gasteiger partial charge in [0.1, 0.15) is 6.10 Å². The fourth-order valence-corrected chi connectivity index (χ4v) is 6.99. The number of esters is 1. The van der Waals surface area contributed by atoms with Crippen molar-refractivity contribution in [2.24, 2.45) is 40.4 Å². The summed E-state index contributed by atoms with van der Waals surface area (Å²) in [5.41, 5.74) is -2.64. The fraction of sp³-hybridized carbons (Fsp3) is 0.760. The molecule has 8 unspecified atom stereocenters. The van der Waals surface area contributed by atoms with Gasteiger partial charge in [-0.05, 0) is 54.1 Å². The van der Waals surface area contributed by atoms with E-state index in [0.717, 1.165) is 6.42 Å². The average molecular weight is 433 g/mol. The van der Waals surface area contributed by atoms with Crippen LogP contribution in [-0.2, 0) is 14.3 Å². The molecule has 9 atom stereocenters. The van der Waals surface area contributed by atoms with E-state index < -0.39 is 41.7 Å². The van der Waals surface area contributed by atoms with Crippen molar-refractivity contribution in [1.82, 2.24) is 0 Å². The number of aliphatic hydroxyl groups excluding tert-OH is 2. The highest BCUT2D eigenvalue weighted by atomic mass is 16.6. The van der Waals surface area contributed by atoms with Crippen molar-refractivity contribution in [3.05, 3.63) is 23.3 Å². The Labute approximate surface area is 184 Å². The Balaban J connectivity index is 1.89. The summed E-state index contributed by atoms with van der Waals surface area (Å²) in [5.74, 6) is -1.30. The van der Waals surface area contributed by atoms with E-state index in [-0.39, 0.29) is 34.5 Å². The molecule has 172 valence electrons. The number of aliphatic hydroxyl groups is 3. The second-order valence-electron chi connectivity index (χ2n) is 11.0. The number of hydrogen-bond acceptors (Lipinski definition) is 6. The number of rotatable bonds is 4. The average Bonchev–Trinajstić information content (AvgIpc) is 3.21. The first-order valence-electron chi connectivity index (χ1n) is 11.6. The molecule has 4 rings (SSSR count). The SMILES string of the molecule is CCC(C)C(=O)OC1C(C)=CC23C(=O)C(C=C(CO)C(O)C12O)C1C(C[C@H]3C)C1(C)C. The van der Waals surface area contributed by atoms with Gasteiger partial charge in [0.15, 0.2) is 17.5 Å². The summed E-state index contributed by atoms with van der Waals surface area (Å²) in [6.07, 6.45) is 2.11. The third-order valence-electron chi connectivity index (χ3n) is 9.15. The zero-order chi connectivity index (χ0) is 23.1. The lowest BCUT2D eigenvalue weighted by Gasteiger charge is -2.48. The summed E-state index contributed by atoms with van der Waals surface area (Å²) in [5, 5.41) is 33.7. The Bertz CT molecular complexity index is 871. The predicted molar refractivity (Wildman–Crippen MR) is 115 cm³/mol. The molecule has 0 aromatic heterocycles. The number of hydrogen-bond donors (Lipinski definition) is 3. The third kappa shape index (κ3) is 2.67. The highest BCUT2D eigenvalue weighted by molar-refractivity contribution is 5.95. The quantitative estimate of drug-likeness (QED) is 0.466. The Morgan fingerprint density at radius 2 is 2.00 bits per heavy atom. The van der Waals surface area contributed by atoms with Crippen LogP contribution in [0.3, 0.4) is 0 Å². The molecule has 0 aromatic carbocycles. The minimum Gasteiger partial charge on any atom is -0.454 e. The lowest BCUT2D eigenvalue weighted by atomic mass is 9.59. The smallest absolute Gasteiger partial charge is 0.309 e. The highest BCUT2D eigenvalue weighted by Crippen LogP contribution is 2.71. The van der Waals surface area contributed by atoms with E-state index in [1.165, 1.54) is 0 Å². The van der Waals surface area contributed by atoms with Crippen LogP contribution < -0.4 is 0 Å². The molecular formula is C25H36O6. The summed E-state index contributed by atoms with van der Waals surface area (Å²) >= 11 is 0. The molecule has 31 heavy (non-hydrogen) atoms. The van der Waals surface area contributed by atoms with Gasteiger partial charge in [-0.25, -0.2) is 0 Å². The molecule has 3 N–H and O–H groups in total. The molecule has 6 heteroatoms. The molecule has 4 aliphatic rings. The molecule has 0 aliphatic heterocycles. The van der Waals surface area contributed by atoms with Crippen molar-refractivity contribution in [2.45, 2.75) is 72.2 Å². The number of carbonyl (C=O) groups is 2. The van der Waals surface area contributed by atoms with E-state index in [2.05, 4.69) is 13.8 Å². The van der Waals surface area contributed by atoms with Gasteiger partial charge < -0.3 is 20.1 Å². The molecule has 2 bridgehead atoms. The van der Waals surface area contributed by atoms with Crippen LogP contribution in [0.5, 0.6) is 0 Å². The number of carbonyl (C=O) groups excluding carboxylic acids is 2. The molecule has 0 heterocycles. The minimum absolute atomic E-state index is 0.0134. The molecular weight excluding hydrogens is 396 g/mol. The summed E-state index contributed by atoms with van der Waals surface area (Å²) in [6.45, 7) is 11.2. The van der Waals surface area contributed by atoms with Crippen LogP contribution in [0.15, 0.2) is 23.3 Å². The van der Waals surface area contributed by atoms with Gasteiger partial charge in [-0.1, -0.05) is 46.8 Å². The first kappa shape index (κ1) is 22.7. The van der Waals surface area contributed by atoms with Crippen molar-refractivity contribution in [1.29, 1.82) is 0 Å². The molecule has 0 saturated heterocycles. The molecule has 2 fully saturated rings. The molecule has 1 spiro atoms. The Morgan fingerprint density at radius 3 is 2.58 bits per heavy atom. The van der Waals surface area contributed by atoms with E-state index >= 15 is 0 Å². The molecule has 0 amide bonds. The van der Waals surface area contributed by atoms with E-state index in [1.54, 1.807) is 26.0 Å². The number of ketones is 1. The van der Waals surface area contributed by atoms with Gasteiger partial charge in [-0.3, -0.25) is 9.59 Å². The summed E-state index contributed by atoms with van der Waals surface area (Å²) in [4.78, 5) is 26.9. The third-order valence-corrected chi connectivity index (χ3v) is 9.15. The second kappa shape index (κ2) is 7.00. The van der Waals surface area contributed by atoms with E-state index in [0.29, 0.717) is 17.9 Å². The topological polar surface area (TPSA) is 104 Å². The predicted octanol–water partition coefficient (Wildman–Crippen LogP) is 2.41. The van der Waals surface area contributed by atoms with Crippen molar-refractivity contribution in [3.63, 3.8) is 0 Å². The zero-order valence-electron chi connectivity index (χ0n) is 19.4. The number of allylic oxidation sites excluding steroid dienone is 1. The van der Waals surface area contributed by atoms with Gasteiger partial charge in [-0.2, -0.15) is 0 Å². The van der Waals surface area contributed by atoms with Crippen LogP contribution in [-0.4, -0.2) is 51.5 Å². The fourth-order valence-electron chi connectivity index (χ4n) is 6.99. The van der Waals surface area contributed by atoms with E-state index in [1.807, 2.05) is 13.8 Å². The van der Waals surface area contributed by atoms with E-state index in [9.17, 15) is 24.9 Å². The minimum atomic E-state index is -2.05. The monoisotopic (exact) mass is 432 g/mol. The summed E-state index contributed by atoms with van der Waals surface area (Å²) in [6, 6.07) is 0. The van der Waals surface area contributed by atoms with Crippen molar-refractivity contribution in [3.8, 4) is 0 Å². The Morgan fingerprint density at radius 1 is 1.35 bits per heavy atom. The van der Waals surface area contributed by atoms with Gasteiger partial charge in [0, 0.05) is 5.92 Å². The van der Waals surface area contributed by atoms with Crippen LogP contribution in [0, 0.1) is 40.4 Å². The first-order chi connectivity index (χ1) is 14.4. The zero-order valence-corrected chi connectivity index (χ0v) is 19.4. The molecule has 4 aliphatic carbocycles. The molecule has 0 radical (unpaired) electrons. The van der Waals surface area contributed by atoms with Gasteiger partial charge in [0.05, 0.1) is 17.9 Å². The molecule has 0 aromatic rings. The maximum Gasteiger partial charge on any atom is 0.309 e. The number of ether oxygens (including phenoxy) is 1. The molecule has 2 saturated carbocycles. The largest absolute Gasteiger partial charge is 0.454 e.